The van der Waals surface area contributed by atoms with Gasteiger partial charge in [-0.15, -0.1) is 21.5 Å². The second-order valence-electron chi connectivity index (χ2n) is 7.22. The first-order valence-electron chi connectivity index (χ1n) is 9.94. The van der Waals surface area contributed by atoms with Crippen molar-refractivity contribution in [1.82, 2.24) is 35.0 Å². The van der Waals surface area contributed by atoms with Crippen LogP contribution in [0.3, 0.4) is 0 Å². The van der Waals surface area contributed by atoms with Gasteiger partial charge in [0.15, 0.2) is 11.6 Å². The molecule has 0 aliphatic heterocycles. The van der Waals surface area contributed by atoms with E-state index in [4.69, 9.17) is 0 Å². The van der Waals surface area contributed by atoms with Crippen molar-refractivity contribution in [3.05, 3.63) is 83.0 Å². The summed E-state index contributed by atoms with van der Waals surface area (Å²) in [5.41, 5.74) is 2.69. The number of aromatic nitrogens is 7. The molecule has 0 unspecified atom stereocenters. The molecule has 0 radical (unpaired) electrons. The summed E-state index contributed by atoms with van der Waals surface area (Å²) in [6.07, 6.45) is 0. The molecule has 0 bridgehead atoms. The summed E-state index contributed by atoms with van der Waals surface area (Å²) in [5, 5.41) is 20.7. The second kappa shape index (κ2) is 8.36. The zero-order valence-electron chi connectivity index (χ0n) is 17.6. The first-order chi connectivity index (χ1) is 16.0. The van der Waals surface area contributed by atoms with Gasteiger partial charge in [-0.2, -0.15) is 4.68 Å². The summed E-state index contributed by atoms with van der Waals surface area (Å²) in [5.74, 6) is 0.137. The lowest BCUT2D eigenvalue weighted by Gasteiger charge is -2.09. The number of nitrogens with one attached hydrogen (secondary N) is 1. The maximum atomic E-state index is 13.8. The third-order valence-corrected chi connectivity index (χ3v) is 5.79. The van der Waals surface area contributed by atoms with Gasteiger partial charge in [0.05, 0.1) is 16.3 Å². The van der Waals surface area contributed by atoms with Crippen molar-refractivity contribution in [1.29, 1.82) is 0 Å². The highest BCUT2D eigenvalue weighted by atomic mass is 32.1. The summed E-state index contributed by atoms with van der Waals surface area (Å²) in [6, 6.07) is 15.1. The molecule has 0 aliphatic rings. The van der Waals surface area contributed by atoms with Crippen molar-refractivity contribution in [2.45, 2.75) is 13.8 Å². The third kappa shape index (κ3) is 4.01. The topological polar surface area (TPSA) is 103 Å². The number of hydrogen-bond donors (Lipinski definition) is 1. The minimum absolute atomic E-state index is 0.0385. The van der Waals surface area contributed by atoms with E-state index < -0.39 is 11.7 Å². The smallest absolute Gasteiger partial charge is 0.295 e. The molecular formula is C22H17FN8OS. The van der Waals surface area contributed by atoms with Gasteiger partial charge < -0.3 is 5.32 Å². The van der Waals surface area contributed by atoms with E-state index in [9.17, 15) is 9.18 Å². The molecule has 1 N–H and O–H groups in total. The lowest BCUT2D eigenvalue weighted by molar-refractivity contribution is 0.101. The first-order valence-corrected chi connectivity index (χ1v) is 10.8. The Labute approximate surface area is 191 Å². The Morgan fingerprint density at radius 3 is 2.67 bits per heavy atom. The van der Waals surface area contributed by atoms with Gasteiger partial charge >= 0.3 is 0 Å². The van der Waals surface area contributed by atoms with Gasteiger partial charge in [-0.05, 0) is 71.6 Å². The molecule has 5 rings (SSSR count). The number of hydrogen-bond acceptors (Lipinski definition) is 7. The largest absolute Gasteiger partial charge is 0.319 e. The van der Waals surface area contributed by atoms with Crippen LogP contribution in [-0.4, -0.2) is 40.9 Å². The van der Waals surface area contributed by atoms with E-state index in [1.165, 1.54) is 28.2 Å². The van der Waals surface area contributed by atoms with Crippen LogP contribution in [0.15, 0.2) is 60.0 Å². The number of tetrazole rings is 1. The van der Waals surface area contributed by atoms with Crippen LogP contribution in [0.1, 0.15) is 22.0 Å². The van der Waals surface area contributed by atoms with Crippen molar-refractivity contribution < 1.29 is 9.18 Å². The second-order valence-corrected chi connectivity index (χ2v) is 8.17. The summed E-state index contributed by atoms with van der Waals surface area (Å²) in [4.78, 5) is 18.3. The molecule has 0 fully saturated rings. The Hall–Kier alpha value is -4.25. The van der Waals surface area contributed by atoms with Gasteiger partial charge in [-0.25, -0.2) is 14.1 Å². The number of thiophene rings is 1. The summed E-state index contributed by atoms with van der Waals surface area (Å²) in [6.45, 7) is 3.72. The molecule has 33 heavy (non-hydrogen) atoms. The number of aryl methyl sites for hydroxylation is 2. The van der Waals surface area contributed by atoms with E-state index in [2.05, 4.69) is 30.9 Å². The van der Waals surface area contributed by atoms with Gasteiger partial charge in [-0.1, -0.05) is 18.2 Å². The first kappa shape index (κ1) is 20.6. The maximum absolute atomic E-state index is 13.8. The SMILES string of the molecule is Cc1ccc(NC(=O)c2nc(-c3cccs3)n(-c3cccc(F)c3)n2)cc1-n1nnnc1C. The highest BCUT2D eigenvalue weighted by Gasteiger charge is 2.20. The molecule has 11 heteroatoms. The van der Waals surface area contributed by atoms with Crippen LogP contribution in [-0.2, 0) is 0 Å². The zero-order chi connectivity index (χ0) is 22.9. The molecule has 5 aromatic rings. The number of benzene rings is 2. The van der Waals surface area contributed by atoms with Crippen molar-refractivity contribution >= 4 is 22.9 Å². The maximum Gasteiger partial charge on any atom is 0.295 e. The normalized spacial score (nSPS) is 11.0. The Morgan fingerprint density at radius 2 is 1.94 bits per heavy atom. The number of amides is 1. The fraction of sp³-hybridized carbons (Fsp3) is 0.0909. The van der Waals surface area contributed by atoms with Crippen LogP contribution in [0.5, 0.6) is 0 Å². The Morgan fingerprint density at radius 1 is 1.06 bits per heavy atom. The van der Waals surface area contributed by atoms with E-state index in [-0.39, 0.29) is 5.82 Å². The number of nitrogens with zero attached hydrogens (tertiary/aromatic N) is 7. The lowest BCUT2D eigenvalue weighted by Crippen LogP contribution is -2.15. The standard InChI is InChI=1S/C22H17FN8OS/c1-13-8-9-16(12-18(13)30-14(2)26-28-29-30)24-22(32)20-25-21(19-7-4-10-33-19)31(27-20)17-6-3-5-15(23)11-17/h3-12H,1-2H3,(H,24,32). The van der Waals surface area contributed by atoms with Gasteiger partial charge in [-0.3, -0.25) is 4.79 Å². The molecule has 3 heterocycles. The van der Waals surface area contributed by atoms with Crippen molar-refractivity contribution in [2.24, 2.45) is 0 Å². The van der Waals surface area contributed by atoms with Crippen molar-refractivity contribution in [3.63, 3.8) is 0 Å². The van der Waals surface area contributed by atoms with Gasteiger partial charge in [0, 0.05) is 5.69 Å². The van der Waals surface area contributed by atoms with Crippen molar-refractivity contribution in [3.8, 4) is 22.1 Å². The highest BCUT2D eigenvalue weighted by molar-refractivity contribution is 7.13. The predicted octanol–water partition coefficient (Wildman–Crippen LogP) is 3.98. The average molecular weight is 460 g/mol. The Balaban J connectivity index is 1.50. The fourth-order valence-electron chi connectivity index (χ4n) is 3.32. The number of carbonyl (C=O) groups is 1. The molecule has 0 saturated heterocycles. The molecule has 3 aromatic heterocycles. The lowest BCUT2D eigenvalue weighted by atomic mass is 10.2. The van der Waals surface area contributed by atoms with Crippen molar-refractivity contribution in [2.75, 3.05) is 5.32 Å². The number of rotatable bonds is 5. The van der Waals surface area contributed by atoms with Crippen LogP contribution in [0.2, 0.25) is 0 Å². The monoisotopic (exact) mass is 460 g/mol. The van der Waals surface area contributed by atoms with Gasteiger partial charge in [0.1, 0.15) is 5.82 Å². The molecule has 9 nitrogen and oxygen atoms in total. The molecule has 2 aromatic carbocycles. The van der Waals surface area contributed by atoms with Crippen LogP contribution in [0.4, 0.5) is 10.1 Å². The minimum atomic E-state index is -0.494. The van der Waals surface area contributed by atoms with Gasteiger partial charge in [0.25, 0.3) is 5.91 Å². The summed E-state index contributed by atoms with van der Waals surface area (Å²) >= 11 is 1.45. The van der Waals surface area contributed by atoms with Crippen LogP contribution >= 0.6 is 11.3 Å². The molecule has 164 valence electrons. The van der Waals surface area contributed by atoms with E-state index in [0.717, 1.165) is 16.1 Å². The van der Waals surface area contributed by atoms with E-state index in [0.29, 0.717) is 23.0 Å². The zero-order valence-corrected chi connectivity index (χ0v) is 18.4. The average Bonchev–Trinajstić information content (AvgIpc) is 3.55. The van der Waals surface area contributed by atoms with Crippen LogP contribution < -0.4 is 5.32 Å². The molecule has 0 spiro atoms. The quantitative estimate of drug-likeness (QED) is 0.426. The van der Waals surface area contributed by atoms with Crippen LogP contribution in [0.25, 0.3) is 22.1 Å². The van der Waals surface area contributed by atoms with E-state index in [1.54, 1.807) is 35.9 Å². The molecule has 0 atom stereocenters. The third-order valence-electron chi connectivity index (χ3n) is 4.93. The van der Waals surface area contributed by atoms with E-state index >= 15 is 0 Å². The molecule has 0 aliphatic carbocycles. The summed E-state index contributed by atoms with van der Waals surface area (Å²) in [7, 11) is 0. The molecular weight excluding hydrogens is 443 g/mol. The van der Waals surface area contributed by atoms with Crippen LogP contribution in [0, 0.1) is 19.7 Å². The Bertz CT molecular complexity index is 1460. The minimum Gasteiger partial charge on any atom is -0.319 e. The predicted molar refractivity (Wildman–Crippen MR) is 121 cm³/mol. The molecule has 1 amide bonds. The van der Waals surface area contributed by atoms with Gasteiger partial charge in [0.2, 0.25) is 5.82 Å². The fourth-order valence-corrected chi connectivity index (χ4v) is 4.02. The van der Waals surface area contributed by atoms with E-state index in [1.807, 2.05) is 30.5 Å². The number of halogens is 1. The highest BCUT2D eigenvalue weighted by Crippen LogP contribution is 2.26. The number of carbonyl (C=O) groups excluding carboxylic acids is 1. The number of anilines is 1. The Kier molecular flexibility index (Phi) is 5.23. The molecule has 0 saturated carbocycles. The summed E-state index contributed by atoms with van der Waals surface area (Å²) < 4.78 is 16.9.